The molecular weight excluding hydrogens is 412 g/mol. The van der Waals surface area contributed by atoms with Gasteiger partial charge in [-0.15, -0.1) is 0 Å². The lowest BCUT2D eigenvalue weighted by molar-refractivity contribution is 0.0944. The van der Waals surface area contributed by atoms with E-state index in [1.165, 1.54) is 0 Å². The lowest BCUT2D eigenvalue weighted by atomic mass is 10.3. The number of nitrogens with one attached hydrogen (secondary N) is 1. The molecular formula is C17H17BrN8O. The molecule has 0 spiro atoms. The van der Waals surface area contributed by atoms with Crippen LogP contribution in [0.3, 0.4) is 0 Å². The summed E-state index contributed by atoms with van der Waals surface area (Å²) in [5.41, 5.74) is 3.28. The van der Waals surface area contributed by atoms with Crippen molar-refractivity contribution in [1.82, 2.24) is 39.5 Å². The summed E-state index contributed by atoms with van der Waals surface area (Å²) in [6.45, 7) is 3.15. The summed E-state index contributed by atoms with van der Waals surface area (Å²) in [6, 6.07) is 5.34. The molecule has 138 valence electrons. The summed E-state index contributed by atoms with van der Waals surface area (Å²) in [5.74, 6) is -0.272. The number of carbonyl (C=O) groups is 1. The Balaban J connectivity index is 1.65. The highest BCUT2D eigenvalue weighted by Crippen LogP contribution is 2.26. The number of nitrogens with zero attached hydrogens (tertiary/aromatic N) is 7. The van der Waals surface area contributed by atoms with Crippen molar-refractivity contribution >= 4 is 27.5 Å². The van der Waals surface area contributed by atoms with Crippen LogP contribution in [0.4, 0.5) is 0 Å². The number of aryl methyl sites for hydroxylation is 2. The van der Waals surface area contributed by atoms with Crippen molar-refractivity contribution < 1.29 is 4.79 Å². The summed E-state index contributed by atoms with van der Waals surface area (Å²) in [4.78, 5) is 16.8. The largest absolute Gasteiger partial charge is 0.345 e. The fourth-order valence-corrected chi connectivity index (χ4v) is 3.27. The molecule has 0 atom stereocenters. The number of hydrogen-bond donors (Lipinski definition) is 1. The molecule has 0 aliphatic carbocycles. The zero-order valence-corrected chi connectivity index (χ0v) is 16.4. The van der Waals surface area contributed by atoms with Gasteiger partial charge in [-0.1, -0.05) is 0 Å². The zero-order chi connectivity index (χ0) is 19.0. The molecule has 1 amide bonds. The van der Waals surface area contributed by atoms with E-state index in [1.54, 1.807) is 27.7 Å². The summed E-state index contributed by atoms with van der Waals surface area (Å²) >= 11 is 3.54. The summed E-state index contributed by atoms with van der Waals surface area (Å²) in [7, 11) is 1.83. The molecule has 10 heteroatoms. The molecule has 4 aromatic rings. The number of hydrogen-bond acceptors (Lipinski definition) is 5. The van der Waals surface area contributed by atoms with E-state index in [0.717, 1.165) is 28.1 Å². The van der Waals surface area contributed by atoms with Gasteiger partial charge in [0, 0.05) is 38.2 Å². The molecule has 0 aliphatic heterocycles. The second-order valence-corrected chi connectivity index (χ2v) is 6.79. The highest BCUT2D eigenvalue weighted by molar-refractivity contribution is 9.10. The van der Waals surface area contributed by atoms with Crippen molar-refractivity contribution in [2.24, 2.45) is 7.05 Å². The van der Waals surface area contributed by atoms with Crippen LogP contribution in [0.5, 0.6) is 0 Å². The predicted molar refractivity (Wildman–Crippen MR) is 102 cm³/mol. The van der Waals surface area contributed by atoms with E-state index < -0.39 is 0 Å². The Morgan fingerprint density at radius 3 is 2.81 bits per heavy atom. The molecule has 0 radical (unpaired) electrons. The number of fused-ring (bicyclic) bond motifs is 1. The molecule has 27 heavy (non-hydrogen) atoms. The van der Waals surface area contributed by atoms with Gasteiger partial charge >= 0.3 is 0 Å². The minimum absolute atomic E-state index is 0.272. The van der Waals surface area contributed by atoms with Crippen LogP contribution in [-0.4, -0.2) is 40.1 Å². The van der Waals surface area contributed by atoms with Crippen LogP contribution < -0.4 is 5.32 Å². The van der Waals surface area contributed by atoms with Crippen molar-refractivity contribution in [3.8, 4) is 11.4 Å². The van der Waals surface area contributed by atoms with Gasteiger partial charge in [0.25, 0.3) is 5.91 Å². The minimum atomic E-state index is -0.272. The van der Waals surface area contributed by atoms with Crippen molar-refractivity contribution in [3.05, 3.63) is 52.7 Å². The van der Waals surface area contributed by atoms with Crippen LogP contribution in [0.25, 0.3) is 17.0 Å². The molecule has 4 rings (SSSR count). The highest BCUT2D eigenvalue weighted by atomic mass is 79.9. The van der Waals surface area contributed by atoms with E-state index in [9.17, 15) is 4.79 Å². The molecule has 4 aromatic heterocycles. The van der Waals surface area contributed by atoms with Gasteiger partial charge in [0.1, 0.15) is 5.69 Å². The maximum atomic E-state index is 12.5. The Labute approximate surface area is 163 Å². The second kappa shape index (κ2) is 6.95. The summed E-state index contributed by atoms with van der Waals surface area (Å²) in [6.07, 6.45) is 5.28. The standard InChI is InChI=1S/C17H17BrN8O/c1-3-25-10-12(18)16(23-25)14-5-6-19-15-8-13(22-26(14)15)17(27)20-9-11-4-7-21-24(11)2/h4-8,10H,3,9H2,1-2H3,(H,20,27). The first-order valence-electron chi connectivity index (χ1n) is 8.40. The van der Waals surface area contributed by atoms with Gasteiger partial charge in [-0.2, -0.15) is 15.3 Å². The SMILES string of the molecule is CCn1cc(Br)c(-c2ccnc3cc(C(=O)NCc4ccnn4C)nn23)n1. The van der Waals surface area contributed by atoms with Gasteiger partial charge in [0.15, 0.2) is 11.3 Å². The van der Waals surface area contributed by atoms with E-state index in [4.69, 9.17) is 0 Å². The highest BCUT2D eigenvalue weighted by Gasteiger charge is 2.17. The van der Waals surface area contributed by atoms with Crippen molar-refractivity contribution in [3.63, 3.8) is 0 Å². The minimum Gasteiger partial charge on any atom is -0.345 e. The Hall–Kier alpha value is -3.01. The molecule has 0 saturated carbocycles. The number of aromatic nitrogens is 7. The van der Waals surface area contributed by atoms with Gasteiger partial charge in [0.2, 0.25) is 0 Å². The molecule has 0 aromatic carbocycles. The molecule has 9 nitrogen and oxygen atoms in total. The average Bonchev–Trinajstić information content (AvgIpc) is 3.37. The first-order chi connectivity index (χ1) is 13.1. The number of carbonyl (C=O) groups excluding carboxylic acids is 1. The van der Waals surface area contributed by atoms with Crippen LogP contribution in [0.15, 0.2) is 41.3 Å². The van der Waals surface area contributed by atoms with Crippen LogP contribution in [0.2, 0.25) is 0 Å². The Morgan fingerprint density at radius 2 is 2.11 bits per heavy atom. The van der Waals surface area contributed by atoms with Crippen LogP contribution in [0, 0.1) is 0 Å². The fraction of sp³-hybridized carbons (Fsp3) is 0.235. The first-order valence-corrected chi connectivity index (χ1v) is 9.19. The van der Waals surface area contributed by atoms with Crippen LogP contribution in [0.1, 0.15) is 23.1 Å². The Kier molecular flexibility index (Phi) is 4.48. The van der Waals surface area contributed by atoms with E-state index in [-0.39, 0.29) is 5.91 Å². The normalized spacial score (nSPS) is 11.2. The van der Waals surface area contributed by atoms with E-state index in [1.807, 2.05) is 37.0 Å². The molecule has 1 N–H and O–H groups in total. The van der Waals surface area contributed by atoms with Gasteiger partial charge in [0.05, 0.1) is 22.4 Å². The molecule has 0 aliphatic rings. The third-order valence-electron chi connectivity index (χ3n) is 4.23. The van der Waals surface area contributed by atoms with E-state index in [2.05, 4.69) is 41.5 Å². The van der Waals surface area contributed by atoms with E-state index in [0.29, 0.717) is 17.9 Å². The molecule has 4 heterocycles. The maximum Gasteiger partial charge on any atom is 0.272 e. The Morgan fingerprint density at radius 1 is 1.26 bits per heavy atom. The molecule has 0 saturated heterocycles. The average molecular weight is 429 g/mol. The zero-order valence-electron chi connectivity index (χ0n) is 14.8. The van der Waals surface area contributed by atoms with Crippen LogP contribution >= 0.6 is 15.9 Å². The lowest BCUT2D eigenvalue weighted by Crippen LogP contribution is -2.24. The van der Waals surface area contributed by atoms with Gasteiger partial charge in [-0.25, -0.2) is 9.50 Å². The van der Waals surface area contributed by atoms with E-state index >= 15 is 0 Å². The Bertz CT molecular complexity index is 1130. The molecule has 0 fully saturated rings. The van der Waals surface area contributed by atoms with Crippen molar-refractivity contribution in [2.75, 3.05) is 0 Å². The fourth-order valence-electron chi connectivity index (χ4n) is 2.75. The number of amides is 1. The quantitative estimate of drug-likeness (QED) is 0.524. The molecule has 0 bridgehead atoms. The lowest BCUT2D eigenvalue weighted by Gasteiger charge is -2.03. The van der Waals surface area contributed by atoms with Gasteiger partial charge < -0.3 is 5.32 Å². The topological polar surface area (TPSA) is 94.9 Å². The molecule has 0 unspecified atom stereocenters. The van der Waals surface area contributed by atoms with Crippen LogP contribution in [-0.2, 0) is 20.1 Å². The summed E-state index contributed by atoms with van der Waals surface area (Å²) < 4.78 is 6.03. The van der Waals surface area contributed by atoms with Crippen molar-refractivity contribution in [2.45, 2.75) is 20.0 Å². The number of rotatable bonds is 5. The predicted octanol–water partition coefficient (Wildman–Crippen LogP) is 2.04. The summed E-state index contributed by atoms with van der Waals surface area (Å²) in [5, 5.41) is 15.9. The smallest absolute Gasteiger partial charge is 0.272 e. The number of halogens is 1. The second-order valence-electron chi connectivity index (χ2n) is 5.94. The maximum absolute atomic E-state index is 12.5. The first kappa shape index (κ1) is 17.4. The van der Waals surface area contributed by atoms with Gasteiger partial charge in [-0.05, 0) is 35.0 Å². The van der Waals surface area contributed by atoms with Gasteiger partial charge in [-0.3, -0.25) is 14.2 Å². The third kappa shape index (κ3) is 3.23. The van der Waals surface area contributed by atoms with Crippen molar-refractivity contribution in [1.29, 1.82) is 0 Å². The third-order valence-corrected chi connectivity index (χ3v) is 4.81. The monoisotopic (exact) mass is 428 g/mol.